The minimum absolute atomic E-state index is 0.0263. The molecule has 6 heteroatoms. The Morgan fingerprint density at radius 3 is 2.88 bits per heavy atom. The van der Waals surface area contributed by atoms with Gasteiger partial charge in [0.2, 0.25) is 0 Å². The van der Waals surface area contributed by atoms with Gasteiger partial charge in [-0.1, -0.05) is 12.1 Å². The molecular formula is C20H25N3O3. The summed E-state index contributed by atoms with van der Waals surface area (Å²) in [5, 5.41) is 7.67. The van der Waals surface area contributed by atoms with Gasteiger partial charge < -0.3 is 14.8 Å². The Morgan fingerprint density at radius 1 is 1.31 bits per heavy atom. The Morgan fingerprint density at radius 2 is 2.12 bits per heavy atom. The van der Waals surface area contributed by atoms with Crippen LogP contribution in [-0.4, -0.2) is 36.0 Å². The van der Waals surface area contributed by atoms with Gasteiger partial charge in [-0.25, -0.2) is 0 Å². The second-order valence-corrected chi connectivity index (χ2v) is 7.02. The summed E-state index contributed by atoms with van der Waals surface area (Å²) in [6.07, 6.45) is 5.40. The van der Waals surface area contributed by atoms with Gasteiger partial charge in [-0.3, -0.25) is 9.48 Å². The number of nitrogens with zero attached hydrogens (tertiary/aromatic N) is 2. The van der Waals surface area contributed by atoms with Gasteiger partial charge in [0, 0.05) is 18.9 Å². The molecule has 1 aliphatic heterocycles. The summed E-state index contributed by atoms with van der Waals surface area (Å²) in [5.41, 5.74) is 3.95. The van der Waals surface area contributed by atoms with E-state index >= 15 is 0 Å². The molecular weight excluding hydrogens is 330 g/mol. The zero-order valence-electron chi connectivity index (χ0n) is 15.3. The first-order chi connectivity index (χ1) is 12.7. The molecule has 26 heavy (non-hydrogen) atoms. The third kappa shape index (κ3) is 2.98. The zero-order valence-corrected chi connectivity index (χ0v) is 15.3. The molecule has 0 radical (unpaired) electrons. The summed E-state index contributed by atoms with van der Waals surface area (Å²) in [7, 11) is 1.69. The van der Waals surface area contributed by atoms with Crippen molar-refractivity contribution in [3.8, 4) is 5.75 Å². The van der Waals surface area contributed by atoms with Crippen molar-refractivity contribution in [2.45, 2.75) is 44.7 Å². The van der Waals surface area contributed by atoms with Crippen LogP contribution in [-0.2, 0) is 11.2 Å². The highest BCUT2D eigenvalue weighted by Gasteiger charge is 2.28. The molecule has 1 amide bonds. The van der Waals surface area contributed by atoms with Gasteiger partial charge in [-0.05, 0) is 49.8 Å². The summed E-state index contributed by atoms with van der Waals surface area (Å²) in [4.78, 5) is 12.9. The monoisotopic (exact) mass is 355 g/mol. The molecule has 1 atom stereocenters. The fourth-order valence-corrected chi connectivity index (χ4v) is 4.14. The second kappa shape index (κ2) is 7.11. The minimum Gasteiger partial charge on any atom is -0.496 e. The van der Waals surface area contributed by atoms with Crippen LogP contribution in [0.15, 0.2) is 24.4 Å². The largest absolute Gasteiger partial charge is 0.496 e. The minimum atomic E-state index is -0.0542. The van der Waals surface area contributed by atoms with E-state index in [1.54, 1.807) is 13.3 Å². The maximum atomic E-state index is 12.9. The van der Waals surface area contributed by atoms with Crippen LogP contribution >= 0.6 is 0 Å². The smallest absolute Gasteiger partial charge is 0.255 e. The number of amides is 1. The van der Waals surface area contributed by atoms with Crippen molar-refractivity contribution in [3.63, 3.8) is 0 Å². The van der Waals surface area contributed by atoms with Gasteiger partial charge in [0.1, 0.15) is 5.75 Å². The van der Waals surface area contributed by atoms with Crippen molar-refractivity contribution in [2.75, 3.05) is 20.3 Å². The summed E-state index contributed by atoms with van der Waals surface area (Å²) in [6, 6.07) is 6.38. The number of carbonyl (C=O) groups is 1. The van der Waals surface area contributed by atoms with E-state index in [1.165, 1.54) is 5.56 Å². The number of fused-ring (bicyclic) bond motifs is 1. The first kappa shape index (κ1) is 17.1. The van der Waals surface area contributed by atoms with Crippen LogP contribution in [0.2, 0.25) is 0 Å². The van der Waals surface area contributed by atoms with Crippen LogP contribution in [0.4, 0.5) is 0 Å². The summed E-state index contributed by atoms with van der Waals surface area (Å²) >= 11 is 0. The molecule has 1 aromatic heterocycles. The topological polar surface area (TPSA) is 65.4 Å². The molecule has 0 spiro atoms. The van der Waals surface area contributed by atoms with Gasteiger partial charge in [0.25, 0.3) is 5.91 Å². The first-order valence-corrected chi connectivity index (χ1v) is 9.27. The SMILES string of the molecule is COc1cccc2c1CCC2NC(=O)c1cnn(C2CCOCC2)c1C. The van der Waals surface area contributed by atoms with Crippen molar-refractivity contribution in [1.82, 2.24) is 15.1 Å². The van der Waals surface area contributed by atoms with E-state index in [4.69, 9.17) is 9.47 Å². The number of ether oxygens (including phenoxy) is 2. The lowest BCUT2D eigenvalue weighted by atomic mass is 10.1. The quantitative estimate of drug-likeness (QED) is 0.916. The number of methoxy groups -OCH3 is 1. The summed E-state index contributed by atoms with van der Waals surface area (Å²) in [6.45, 7) is 3.49. The van der Waals surface area contributed by atoms with E-state index in [-0.39, 0.29) is 11.9 Å². The fraction of sp³-hybridized carbons (Fsp3) is 0.500. The number of rotatable bonds is 4. The highest BCUT2D eigenvalue weighted by molar-refractivity contribution is 5.95. The molecule has 6 nitrogen and oxygen atoms in total. The van der Waals surface area contributed by atoms with Crippen molar-refractivity contribution in [3.05, 3.63) is 46.8 Å². The Bertz CT molecular complexity index is 809. The molecule has 1 N–H and O–H groups in total. The summed E-state index contributed by atoms with van der Waals surface area (Å²) in [5.74, 6) is 0.851. The lowest BCUT2D eigenvalue weighted by Crippen LogP contribution is -2.28. The fourth-order valence-electron chi connectivity index (χ4n) is 4.14. The standard InChI is InChI=1S/C20H25N3O3/c1-13-17(12-21-23(13)14-8-10-26-11-9-14)20(24)22-18-7-6-16-15(18)4-3-5-19(16)25-2/h3-5,12,14,18H,6-11H2,1-2H3,(H,22,24). The van der Waals surface area contributed by atoms with Gasteiger partial charge >= 0.3 is 0 Å². The zero-order chi connectivity index (χ0) is 18.1. The predicted octanol–water partition coefficient (Wildman–Crippen LogP) is 2.97. The van der Waals surface area contributed by atoms with E-state index in [9.17, 15) is 4.79 Å². The van der Waals surface area contributed by atoms with Crippen molar-refractivity contribution >= 4 is 5.91 Å². The Kier molecular flexibility index (Phi) is 4.68. The molecule has 2 heterocycles. The Labute approximate surface area is 153 Å². The van der Waals surface area contributed by atoms with Crippen LogP contribution in [0, 0.1) is 6.92 Å². The number of hydrogen-bond donors (Lipinski definition) is 1. The Balaban J connectivity index is 1.51. The van der Waals surface area contributed by atoms with Crippen LogP contribution in [0.25, 0.3) is 0 Å². The molecule has 1 saturated heterocycles. The molecule has 138 valence electrons. The lowest BCUT2D eigenvalue weighted by molar-refractivity contribution is 0.0656. The Hall–Kier alpha value is -2.34. The van der Waals surface area contributed by atoms with Crippen molar-refractivity contribution in [2.24, 2.45) is 0 Å². The van der Waals surface area contributed by atoms with Gasteiger partial charge in [0.15, 0.2) is 0 Å². The highest BCUT2D eigenvalue weighted by atomic mass is 16.5. The lowest BCUT2D eigenvalue weighted by Gasteiger charge is -2.23. The molecule has 2 aromatic rings. The molecule has 4 rings (SSSR count). The molecule has 0 bridgehead atoms. The van der Waals surface area contributed by atoms with Gasteiger partial charge in [-0.15, -0.1) is 0 Å². The van der Waals surface area contributed by atoms with E-state index < -0.39 is 0 Å². The average molecular weight is 355 g/mol. The van der Waals surface area contributed by atoms with E-state index in [1.807, 2.05) is 23.7 Å². The van der Waals surface area contributed by atoms with Gasteiger partial charge in [0.05, 0.1) is 31.0 Å². The average Bonchev–Trinajstić information content (AvgIpc) is 3.26. The van der Waals surface area contributed by atoms with E-state index in [0.29, 0.717) is 11.6 Å². The van der Waals surface area contributed by atoms with Crippen molar-refractivity contribution < 1.29 is 14.3 Å². The van der Waals surface area contributed by atoms with Crippen LogP contribution in [0.5, 0.6) is 5.75 Å². The third-order valence-electron chi connectivity index (χ3n) is 5.58. The van der Waals surface area contributed by atoms with Crippen molar-refractivity contribution in [1.29, 1.82) is 0 Å². The summed E-state index contributed by atoms with van der Waals surface area (Å²) < 4.78 is 12.9. The molecule has 1 unspecified atom stereocenters. The van der Waals surface area contributed by atoms with Crippen LogP contribution in [0.1, 0.15) is 58.5 Å². The first-order valence-electron chi connectivity index (χ1n) is 9.27. The molecule has 1 fully saturated rings. The molecule has 1 aliphatic carbocycles. The highest BCUT2D eigenvalue weighted by Crippen LogP contribution is 2.37. The second-order valence-electron chi connectivity index (χ2n) is 7.02. The number of aromatic nitrogens is 2. The maximum Gasteiger partial charge on any atom is 0.255 e. The van der Waals surface area contributed by atoms with Crippen LogP contribution < -0.4 is 10.1 Å². The molecule has 0 saturated carbocycles. The number of hydrogen-bond acceptors (Lipinski definition) is 4. The van der Waals surface area contributed by atoms with Crippen LogP contribution in [0.3, 0.4) is 0 Å². The number of benzene rings is 1. The van der Waals surface area contributed by atoms with E-state index in [0.717, 1.165) is 55.9 Å². The maximum absolute atomic E-state index is 12.9. The third-order valence-corrected chi connectivity index (χ3v) is 5.58. The van der Waals surface area contributed by atoms with Gasteiger partial charge in [-0.2, -0.15) is 5.10 Å². The predicted molar refractivity (Wildman–Crippen MR) is 97.6 cm³/mol. The van der Waals surface area contributed by atoms with E-state index in [2.05, 4.69) is 16.5 Å². The molecule has 2 aliphatic rings. The normalized spacial score (nSPS) is 20.0. The number of nitrogens with one attached hydrogen (secondary N) is 1. The number of carbonyl (C=O) groups excluding carboxylic acids is 1. The molecule has 1 aromatic carbocycles.